The van der Waals surface area contributed by atoms with Crippen molar-refractivity contribution in [3.05, 3.63) is 29.3 Å². The first-order valence-corrected chi connectivity index (χ1v) is 8.14. The lowest BCUT2D eigenvalue weighted by Gasteiger charge is -2.31. The third-order valence-electron chi connectivity index (χ3n) is 3.45. The Morgan fingerprint density at radius 1 is 1.33 bits per heavy atom. The van der Waals surface area contributed by atoms with Crippen LogP contribution in [-0.2, 0) is 11.2 Å². The highest BCUT2D eigenvalue weighted by Crippen LogP contribution is 2.31. The lowest BCUT2D eigenvalue weighted by atomic mass is 9.96. The van der Waals surface area contributed by atoms with Gasteiger partial charge in [-0.15, -0.1) is 11.8 Å². The summed E-state index contributed by atoms with van der Waals surface area (Å²) >= 11 is 1.64. The molecule has 114 valence electrons. The van der Waals surface area contributed by atoms with Crippen LogP contribution in [0.25, 0.3) is 0 Å². The van der Waals surface area contributed by atoms with Crippen molar-refractivity contribution in [2.24, 2.45) is 5.73 Å². The van der Waals surface area contributed by atoms with Gasteiger partial charge in [-0.2, -0.15) is 0 Å². The number of hydrogen-bond acceptors (Lipinski definition) is 3. The molecule has 0 fully saturated rings. The van der Waals surface area contributed by atoms with Crippen LogP contribution in [0.5, 0.6) is 0 Å². The second-order valence-corrected chi connectivity index (χ2v) is 8.02. The smallest absolute Gasteiger partial charge is 0.249 e. The van der Waals surface area contributed by atoms with Gasteiger partial charge >= 0.3 is 0 Å². The second kappa shape index (κ2) is 6.10. The number of benzene rings is 1. The molecule has 4 nitrogen and oxygen atoms in total. The van der Waals surface area contributed by atoms with Gasteiger partial charge in [0.25, 0.3) is 0 Å². The molecule has 1 aromatic rings. The summed E-state index contributed by atoms with van der Waals surface area (Å²) in [4.78, 5) is 25.8. The Bertz CT molecular complexity index is 564. The highest BCUT2D eigenvalue weighted by atomic mass is 32.2. The predicted molar refractivity (Wildman–Crippen MR) is 87.8 cm³/mol. The van der Waals surface area contributed by atoms with Gasteiger partial charge in [0.2, 0.25) is 11.8 Å². The van der Waals surface area contributed by atoms with Gasteiger partial charge in [-0.1, -0.05) is 26.8 Å². The molecule has 0 atom stereocenters. The second-order valence-electron chi connectivity index (χ2n) is 6.22. The molecule has 0 aliphatic carbocycles. The lowest BCUT2D eigenvalue weighted by molar-refractivity contribution is -0.116. The molecular formula is C16H22N2O2S. The molecule has 2 N–H and O–H groups in total. The monoisotopic (exact) mass is 306 g/mol. The van der Waals surface area contributed by atoms with E-state index >= 15 is 0 Å². The summed E-state index contributed by atoms with van der Waals surface area (Å²) in [6.45, 7) is 7.00. The number of nitrogens with zero attached hydrogens (tertiary/aromatic N) is 1. The zero-order valence-corrected chi connectivity index (χ0v) is 13.6. The largest absolute Gasteiger partial charge is 0.366 e. The van der Waals surface area contributed by atoms with Gasteiger partial charge in [-0.05, 0) is 30.5 Å². The van der Waals surface area contributed by atoms with E-state index in [1.807, 2.05) is 6.07 Å². The molecule has 0 unspecified atom stereocenters. The highest BCUT2D eigenvalue weighted by molar-refractivity contribution is 8.01. The van der Waals surface area contributed by atoms with Gasteiger partial charge in [0, 0.05) is 22.5 Å². The maximum Gasteiger partial charge on any atom is 0.249 e. The Labute approximate surface area is 130 Å². The Balaban J connectivity index is 2.24. The molecule has 0 saturated carbocycles. The fourth-order valence-electron chi connectivity index (χ4n) is 2.47. The number of rotatable bonds is 3. The van der Waals surface area contributed by atoms with Crippen molar-refractivity contribution < 1.29 is 9.59 Å². The van der Waals surface area contributed by atoms with Crippen molar-refractivity contribution in [2.75, 3.05) is 17.2 Å². The Morgan fingerprint density at radius 2 is 2.05 bits per heavy atom. The maximum atomic E-state index is 12.5. The van der Waals surface area contributed by atoms with E-state index in [2.05, 4.69) is 20.8 Å². The average Bonchev–Trinajstić information content (AvgIpc) is 2.42. The van der Waals surface area contributed by atoms with Crippen LogP contribution in [0.1, 0.15) is 43.1 Å². The van der Waals surface area contributed by atoms with E-state index in [0.717, 1.165) is 24.1 Å². The van der Waals surface area contributed by atoms with Crippen molar-refractivity contribution in [3.63, 3.8) is 0 Å². The lowest BCUT2D eigenvalue weighted by Crippen LogP contribution is -2.38. The average molecular weight is 306 g/mol. The molecule has 0 radical (unpaired) electrons. The number of nitrogens with two attached hydrogens (primary N) is 1. The van der Waals surface area contributed by atoms with Crippen LogP contribution in [0.15, 0.2) is 18.2 Å². The predicted octanol–water partition coefficient (Wildman–Crippen LogP) is 2.60. The zero-order valence-electron chi connectivity index (χ0n) is 12.8. The van der Waals surface area contributed by atoms with Crippen LogP contribution in [0.4, 0.5) is 5.69 Å². The van der Waals surface area contributed by atoms with Crippen molar-refractivity contribution in [1.29, 1.82) is 0 Å². The Kier molecular flexibility index (Phi) is 4.61. The van der Waals surface area contributed by atoms with E-state index in [0.29, 0.717) is 17.9 Å². The standard InChI is InChI=1S/C16H22N2O2S/c1-16(2,3)21-10-14(19)18-9-5-7-11-12(15(17)20)6-4-8-13(11)18/h4,6,8H,5,7,9-10H2,1-3H3,(H2,17,20). The molecule has 21 heavy (non-hydrogen) atoms. The van der Waals surface area contributed by atoms with Crippen molar-refractivity contribution >= 4 is 29.3 Å². The van der Waals surface area contributed by atoms with E-state index in [4.69, 9.17) is 5.73 Å². The summed E-state index contributed by atoms with van der Waals surface area (Å²) in [6.07, 6.45) is 1.66. The molecule has 1 aliphatic rings. The molecule has 2 amide bonds. The molecule has 0 spiro atoms. The topological polar surface area (TPSA) is 63.4 Å². The third-order valence-corrected chi connectivity index (χ3v) is 4.70. The molecule has 1 heterocycles. The molecule has 0 saturated heterocycles. The van der Waals surface area contributed by atoms with Crippen molar-refractivity contribution in [2.45, 2.75) is 38.4 Å². The number of anilines is 1. The van der Waals surface area contributed by atoms with Crippen molar-refractivity contribution in [3.8, 4) is 0 Å². The van der Waals surface area contributed by atoms with E-state index in [-0.39, 0.29) is 10.7 Å². The molecule has 1 aromatic carbocycles. The maximum absolute atomic E-state index is 12.5. The van der Waals surface area contributed by atoms with Gasteiger partial charge in [-0.25, -0.2) is 0 Å². The Morgan fingerprint density at radius 3 is 2.67 bits per heavy atom. The van der Waals surface area contributed by atoms with Gasteiger partial charge in [-0.3, -0.25) is 9.59 Å². The van der Waals surface area contributed by atoms with Crippen LogP contribution in [0.3, 0.4) is 0 Å². The number of amides is 2. The fourth-order valence-corrected chi connectivity index (χ4v) is 3.18. The summed E-state index contributed by atoms with van der Waals surface area (Å²) in [5, 5.41) is 0. The summed E-state index contributed by atoms with van der Waals surface area (Å²) in [5.41, 5.74) is 7.72. The van der Waals surface area contributed by atoms with Gasteiger partial charge in [0.1, 0.15) is 0 Å². The van der Waals surface area contributed by atoms with E-state index in [9.17, 15) is 9.59 Å². The minimum Gasteiger partial charge on any atom is -0.366 e. The normalized spacial score (nSPS) is 14.7. The number of primary amides is 1. The molecule has 0 aromatic heterocycles. The number of carbonyl (C=O) groups excluding carboxylic acids is 2. The van der Waals surface area contributed by atoms with Gasteiger partial charge in [0.05, 0.1) is 5.75 Å². The fraction of sp³-hybridized carbons (Fsp3) is 0.500. The van der Waals surface area contributed by atoms with Crippen LogP contribution >= 0.6 is 11.8 Å². The minimum atomic E-state index is -0.426. The van der Waals surface area contributed by atoms with Crippen LogP contribution in [0.2, 0.25) is 0 Å². The van der Waals surface area contributed by atoms with Gasteiger partial charge < -0.3 is 10.6 Å². The van der Waals surface area contributed by atoms with E-state index < -0.39 is 5.91 Å². The first kappa shape index (κ1) is 15.9. The third kappa shape index (κ3) is 3.79. The minimum absolute atomic E-state index is 0.0589. The van der Waals surface area contributed by atoms with E-state index in [1.54, 1.807) is 28.8 Å². The zero-order chi connectivity index (χ0) is 15.6. The number of hydrogen-bond donors (Lipinski definition) is 1. The van der Waals surface area contributed by atoms with Crippen LogP contribution in [-0.4, -0.2) is 28.9 Å². The molecule has 5 heteroatoms. The summed E-state index contributed by atoms with van der Waals surface area (Å²) in [7, 11) is 0. The SMILES string of the molecule is CC(C)(C)SCC(=O)N1CCCc2c(C(N)=O)cccc21. The first-order valence-electron chi connectivity index (χ1n) is 7.15. The van der Waals surface area contributed by atoms with Crippen LogP contribution in [0, 0.1) is 0 Å². The highest BCUT2D eigenvalue weighted by Gasteiger charge is 2.26. The first-order chi connectivity index (χ1) is 9.79. The molecule has 2 rings (SSSR count). The summed E-state index contributed by atoms with van der Waals surface area (Å²) < 4.78 is 0.0589. The van der Waals surface area contributed by atoms with Crippen LogP contribution < -0.4 is 10.6 Å². The van der Waals surface area contributed by atoms with Crippen molar-refractivity contribution in [1.82, 2.24) is 0 Å². The number of carbonyl (C=O) groups is 2. The van der Waals surface area contributed by atoms with Gasteiger partial charge in [0.15, 0.2) is 0 Å². The number of thioether (sulfide) groups is 1. The molecular weight excluding hydrogens is 284 g/mol. The Hall–Kier alpha value is -1.49. The molecule has 1 aliphatic heterocycles. The summed E-state index contributed by atoms with van der Waals surface area (Å²) in [6, 6.07) is 5.43. The molecule has 0 bridgehead atoms. The number of fused-ring (bicyclic) bond motifs is 1. The van der Waals surface area contributed by atoms with E-state index in [1.165, 1.54) is 0 Å². The quantitative estimate of drug-likeness (QED) is 0.933. The summed E-state index contributed by atoms with van der Waals surface area (Å²) in [5.74, 6) is 0.117.